The van der Waals surface area contributed by atoms with Crippen LogP contribution in [0.25, 0.3) is 22.9 Å². The summed E-state index contributed by atoms with van der Waals surface area (Å²) in [5, 5.41) is 9.28. The number of aliphatic carboxylic acids is 1. The Morgan fingerprint density at radius 3 is 2.26 bits per heavy atom. The number of nitrogens with zero attached hydrogens (tertiary/aromatic N) is 2. The lowest BCUT2D eigenvalue weighted by Crippen LogP contribution is -2.34. The molecule has 0 aliphatic heterocycles. The second-order valence-electron chi connectivity index (χ2n) is 11.0. The van der Waals surface area contributed by atoms with Crippen molar-refractivity contribution < 1.29 is 42.4 Å². The van der Waals surface area contributed by atoms with Crippen LogP contribution in [0.1, 0.15) is 56.2 Å². The van der Waals surface area contributed by atoms with E-state index < -0.39 is 12.1 Å². The first-order chi connectivity index (χ1) is 22.8. The SMILES string of the molecule is CCCOC(CO[C@@H]1CCC[C@H](OCc2nc(-c3cccc(OC)c3)oc2C)C1)C(=O)O.COc1cccc(-c2nc(CI)co2)c1. The van der Waals surface area contributed by atoms with Crippen LogP contribution in [-0.2, 0) is 30.0 Å². The zero-order valence-corrected chi connectivity index (χ0v) is 29.4. The van der Waals surface area contributed by atoms with Gasteiger partial charge in [-0.1, -0.05) is 41.6 Å². The summed E-state index contributed by atoms with van der Waals surface area (Å²) in [6, 6.07) is 15.2. The molecule has 1 N–H and O–H groups in total. The number of aryl methyl sites for hydroxylation is 1. The summed E-state index contributed by atoms with van der Waals surface area (Å²) in [5.41, 5.74) is 3.51. The fourth-order valence-electron chi connectivity index (χ4n) is 4.97. The molecule has 12 heteroatoms. The normalized spacial score (nSPS) is 16.6. The molecule has 2 heterocycles. The molecule has 47 heavy (non-hydrogen) atoms. The number of oxazole rings is 2. The molecule has 0 spiro atoms. The van der Waals surface area contributed by atoms with Crippen molar-refractivity contribution in [2.24, 2.45) is 0 Å². The van der Waals surface area contributed by atoms with E-state index in [0.29, 0.717) is 25.0 Å². The van der Waals surface area contributed by atoms with Crippen LogP contribution in [0.3, 0.4) is 0 Å². The molecule has 0 saturated heterocycles. The van der Waals surface area contributed by atoms with E-state index in [2.05, 4.69) is 32.6 Å². The van der Waals surface area contributed by atoms with E-state index >= 15 is 0 Å². The molecular weight excluding hydrogens is 719 g/mol. The van der Waals surface area contributed by atoms with Gasteiger partial charge >= 0.3 is 5.97 Å². The fraction of sp³-hybridized carbons (Fsp3) is 0.457. The third kappa shape index (κ3) is 11.1. The topological polar surface area (TPSA) is 136 Å². The van der Waals surface area contributed by atoms with Crippen molar-refractivity contribution in [3.8, 4) is 34.4 Å². The van der Waals surface area contributed by atoms with Crippen LogP contribution >= 0.6 is 22.6 Å². The standard InChI is InChI=1S/C24H33NO7.C11H10INO2/c1-4-11-29-22(24(26)27)15-31-20-10-6-9-19(13-20)30-14-21-16(2)32-23(25-21)17-7-5-8-18(12-17)28-3;1-14-10-4-2-3-8(5-10)11-13-9(6-12)7-15-11/h5,7-8,12,19-20,22H,4,6,9-11,13-15H2,1-3H3,(H,26,27);2-5,7H,6H2,1H3/t19-,20+,22?;/m0./s1. The Hall–Kier alpha value is -3.46. The predicted molar refractivity (Wildman–Crippen MR) is 184 cm³/mol. The molecule has 5 rings (SSSR count). The highest BCUT2D eigenvalue weighted by atomic mass is 127. The summed E-state index contributed by atoms with van der Waals surface area (Å²) in [4.78, 5) is 20.3. The maximum absolute atomic E-state index is 11.3. The number of ether oxygens (including phenoxy) is 5. The van der Waals surface area contributed by atoms with Crippen molar-refractivity contribution in [2.75, 3.05) is 27.4 Å². The van der Waals surface area contributed by atoms with Crippen molar-refractivity contribution in [1.29, 1.82) is 0 Å². The number of alkyl halides is 1. The van der Waals surface area contributed by atoms with Gasteiger partial charge in [0.2, 0.25) is 11.8 Å². The Kier molecular flexibility index (Phi) is 14.5. The van der Waals surface area contributed by atoms with Crippen molar-refractivity contribution in [2.45, 2.75) is 75.3 Å². The van der Waals surface area contributed by atoms with Gasteiger partial charge < -0.3 is 37.6 Å². The molecule has 3 atom stereocenters. The molecule has 1 fully saturated rings. The van der Waals surface area contributed by atoms with Crippen LogP contribution in [0, 0.1) is 6.92 Å². The quantitative estimate of drug-likeness (QED) is 0.0945. The maximum Gasteiger partial charge on any atom is 0.335 e. The molecule has 4 aromatic rings. The molecule has 11 nitrogen and oxygen atoms in total. The van der Waals surface area contributed by atoms with Gasteiger partial charge in [-0.2, -0.15) is 0 Å². The van der Waals surface area contributed by atoms with Crippen molar-refractivity contribution in [3.63, 3.8) is 0 Å². The molecule has 1 aliphatic rings. The first kappa shape index (κ1) is 36.4. The van der Waals surface area contributed by atoms with Crippen LogP contribution in [0.4, 0.5) is 0 Å². The van der Waals surface area contributed by atoms with Gasteiger partial charge in [0.1, 0.15) is 29.2 Å². The predicted octanol–water partition coefficient (Wildman–Crippen LogP) is 7.67. The molecular formula is C35H43IN2O9. The second kappa shape index (κ2) is 18.8. The highest BCUT2D eigenvalue weighted by molar-refractivity contribution is 14.1. The minimum Gasteiger partial charge on any atom is -0.497 e. The van der Waals surface area contributed by atoms with Crippen molar-refractivity contribution >= 4 is 28.6 Å². The van der Waals surface area contributed by atoms with Crippen LogP contribution in [0.15, 0.2) is 63.6 Å². The van der Waals surface area contributed by atoms with Crippen LogP contribution in [-0.4, -0.2) is 66.8 Å². The Labute approximate surface area is 289 Å². The van der Waals surface area contributed by atoms with E-state index in [1.54, 1.807) is 20.5 Å². The molecule has 0 amide bonds. The third-order valence-electron chi connectivity index (χ3n) is 7.53. The van der Waals surface area contributed by atoms with Gasteiger partial charge in [-0.25, -0.2) is 14.8 Å². The van der Waals surface area contributed by atoms with Gasteiger partial charge in [0.05, 0.1) is 45.3 Å². The Balaban J connectivity index is 0.000000277. The monoisotopic (exact) mass is 762 g/mol. The van der Waals surface area contributed by atoms with Crippen LogP contribution in [0.5, 0.6) is 11.5 Å². The first-order valence-corrected chi connectivity index (χ1v) is 17.2. The number of carboxylic acids is 1. The number of carbonyl (C=O) groups is 1. The van der Waals surface area contributed by atoms with E-state index in [-0.39, 0.29) is 18.8 Å². The summed E-state index contributed by atoms with van der Waals surface area (Å²) >= 11 is 2.25. The summed E-state index contributed by atoms with van der Waals surface area (Å²) < 4.78 is 39.8. The fourth-order valence-corrected chi connectivity index (χ4v) is 5.32. The second-order valence-corrected chi connectivity index (χ2v) is 11.8. The molecule has 1 aliphatic carbocycles. The summed E-state index contributed by atoms with van der Waals surface area (Å²) in [6.45, 7) is 4.64. The maximum atomic E-state index is 11.3. The molecule has 0 radical (unpaired) electrons. The molecule has 1 unspecified atom stereocenters. The molecule has 2 aromatic heterocycles. The lowest BCUT2D eigenvalue weighted by molar-refractivity contribution is -0.157. The zero-order valence-electron chi connectivity index (χ0n) is 27.3. The summed E-state index contributed by atoms with van der Waals surface area (Å²) in [7, 11) is 3.27. The number of rotatable bonds is 15. The van der Waals surface area contributed by atoms with Gasteiger partial charge in [0.15, 0.2) is 6.10 Å². The number of halogens is 1. The summed E-state index contributed by atoms with van der Waals surface area (Å²) in [6.07, 6.45) is 5.04. The highest BCUT2D eigenvalue weighted by Gasteiger charge is 2.27. The lowest BCUT2D eigenvalue weighted by atomic mass is 9.95. The van der Waals surface area contributed by atoms with E-state index in [0.717, 1.165) is 76.3 Å². The number of carboxylic acid groups (broad SMARTS) is 1. The summed E-state index contributed by atoms with van der Waals surface area (Å²) in [5.74, 6) is 2.47. The molecule has 254 valence electrons. The van der Waals surface area contributed by atoms with Gasteiger partial charge in [-0.15, -0.1) is 0 Å². The van der Waals surface area contributed by atoms with E-state index in [1.807, 2.05) is 62.4 Å². The average Bonchev–Trinajstić information content (AvgIpc) is 3.74. The Bertz CT molecular complexity index is 1540. The Morgan fingerprint density at radius 2 is 1.66 bits per heavy atom. The van der Waals surface area contributed by atoms with Crippen LogP contribution in [0.2, 0.25) is 0 Å². The minimum atomic E-state index is -0.990. The molecule has 1 saturated carbocycles. The molecule has 0 bridgehead atoms. The first-order valence-electron chi connectivity index (χ1n) is 15.7. The van der Waals surface area contributed by atoms with E-state index in [1.165, 1.54) is 0 Å². The molecule has 2 aromatic carbocycles. The number of methoxy groups -OCH3 is 2. The highest BCUT2D eigenvalue weighted by Crippen LogP contribution is 2.28. The lowest BCUT2D eigenvalue weighted by Gasteiger charge is -2.29. The van der Waals surface area contributed by atoms with Crippen molar-refractivity contribution in [1.82, 2.24) is 9.97 Å². The largest absolute Gasteiger partial charge is 0.497 e. The van der Waals surface area contributed by atoms with E-state index in [4.69, 9.17) is 32.5 Å². The third-order valence-corrected chi connectivity index (χ3v) is 8.31. The smallest absolute Gasteiger partial charge is 0.335 e. The number of hydrogen-bond acceptors (Lipinski definition) is 10. The Morgan fingerprint density at radius 1 is 1.00 bits per heavy atom. The van der Waals surface area contributed by atoms with Crippen molar-refractivity contribution in [3.05, 3.63) is 71.9 Å². The number of benzene rings is 2. The zero-order chi connectivity index (χ0) is 33.6. The minimum absolute atomic E-state index is 0.0324. The van der Waals surface area contributed by atoms with Gasteiger partial charge in [0, 0.05) is 22.2 Å². The van der Waals surface area contributed by atoms with Gasteiger partial charge in [0.25, 0.3) is 0 Å². The van der Waals surface area contributed by atoms with Crippen LogP contribution < -0.4 is 9.47 Å². The van der Waals surface area contributed by atoms with Gasteiger partial charge in [-0.05, 0) is 75.4 Å². The number of aromatic nitrogens is 2. The average molecular weight is 763 g/mol. The van der Waals surface area contributed by atoms with Gasteiger partial charge in [-0.3, -0.25) is 0 Å². The number of hydrogen-bond donors (Lipinski definition) is 1. The van der Waals surface area contributed by atoms with E-state index in [9.17, 15) is 9.90 Å².